The minimum atomic E-state index is -0.919. The van der Waals surface area contributed by atoms with Gasteiger partial charge in [-0.05, 0) is 30.2 Å². The zero-order chi connectivity index (χ0) is 16.3. The van der Waals surface area contributed by atoms with Crippen molar-refractivity contribution in [3.05, 3.63) is 39.5 Å². The lowest BCUT2D eigenvalue weighted by atomic mass is 10.2. The molecule has 1 aromatic rings. The van der Waals surface area contributed by atoms with Crippen molar-refractivity contribution in [1.29, 1.82) is 0 Å². The second kappa shape index (κ2) is 7.21. The fourth-order valence-electron chi connectivity index (χ4n) is 1.83. The van der Waals surface area contributed by atoms with Crippen molar-refractivity contribution in [2.75, 3.05) is 6.54 Å². The van der Waals surface area contributed by atoms with Crippen molar-refractivity contribution in [2.45, 2.75) is 12.8 Å². The summed E-state index contributed by atoms with van der Waals surface area (Å²) >= 11 is 11.8. The summed E-state index contributed by atoms with van der Waals surface area (Å²) in [5.41, 5.74) is 0.507. The summed E-state index contributed by atoms with van der Waals surface area (Å²) in [4.78, 5) is 24.5. The normalized spacial score (nSPS) is 16.6. The highest BCUT2D eigenvalue weighted by Crippen LogP contribution is 2.33. The summed E-state index contributed by atoms with van der Waals surface area (Å²) in [6.45, 7) is 0.253. The van der Waals surface area contributed by atoms with Gasteiger partial charge in [0.2, 0.25) is 0 Å². The van der Waals surface area contributed by atoms with Crippen molar-refractivity contribution in [1.82, 2.24) is 4.90 Å². The van der Waals surface area contributed by atoms with Gasteiger partial charge in [0.25, 0.3) is 5.91 Å². The predicted molar refractivity (Wildman–Crippen MR) is 88.2 cm³/mol. The largest absolute Gasteiger partial charge is 0.481 e. The van der Waals surface area contributed by atoms with Crippen LogP contribution in [-0.4, -0.2) is 32.7 Å². The van der Waals surface area contributed by atoms with Crippen LogP contribution >= 0.6 is 35.6 Å². The van der Waals surface area contributed by atoms with Crippen molar-refractivity contribution in [3.8, 4) is 0 Å². The molecule has 0 radical (unpaired) electrons. The number of carbonyl (C=O) groups excluding carboxylic acids is 1. The van der Waals surface area contributed by atoms with Crippen LogP contribution < -0.4 is 0 Å². The van der Waals surface area contributed by atoms with Gasteiger partial charge in [-0.2, -0.15) is 0 Å². The Kier molecular flexibility index (Phi) is 5.55. The fourth-order valence-corrected chi connectivity index (χ4v) is 3.26. The van der Waals surface area contributed by atoms with Gasteiger partial charge in [-0.15, -0.1) is 0 Å². The van der Waals surface area contributed by atoms with Gasteiger partial charge in [0.1, 0.15) is 10.1 Å². The van der Waals surface area contributed by atoms with Gasteiger partial charge in [0, 0.05) is 13.0 Å². The van der Waals surface area contributed by atoms with Gasteiger partial charge in [-0.25, -0.2) is 4.39 Å². The number of benzene rings is 1. The van der Waals surface area contributed by atoms with E-state index in [1.807, 2.05) is 0 Å². The number of aliphatic carboxylic acids is 1. The van der Waals surface area contributed by atoms with Crippen LogP contribution in [0.5, 0.6) is 0 Å². The number of carbonyl (C=O) groups is 2. The third-order valence-corrected chi connectivity index (χ3v) is 4.57. The molecule has 1 fully saturated rings. The Morgan fingerprint density at radius 1 is 1.50 bits per heavy atom. The molecule has 1 heterocycles. The van der Waals surface area contributed by atoms with E-state index >= 15 is 0 Å². The summed E-state index contributed by atoms with van der Waals surface area (Å²) in [6, 6.07) is 4.25. The van der Waals surface area contributed by atoms with E-state index in [1.165, 1.54) is 23.1 Å². The quantitative estimate of drug-likeness (QED) is 0.643. The van der Waals surface area contributed by atoms with Crippen LogP contribution in [0.3, 0.4) is 0 Å². The molecule has 8 heteroatoms. The van der Waals surface area contributed by atoms with Crippen LogP contribution in [0.4, 0.5) is 4.39 Å². The molecule has 0 aliphatic carbocycles. The van der Waals surface area contributed by atoms with Crippen LogP contribution in [0, 0.1) is 5.82 Å². The molecule has 2 rings (SSSR count). The number of hydrogen-bond donors (Lipinski definition) is 1. The monoisotopic (exact) mass is 359 g/mol. The Bertz CT molecular complexity index is 678. The summed E-state index contributed by atoms with van der Waals surface area (Å²) in [5.74, 6) is -1.78. The zero-order valence-electron chi connectivity index (χ0n) is 11.2. The molecular formula is C14H11ClFNO3S2. The van der Waals surface area contributed by atoms with Gasteiger partial charge in [-0.3, -0.25) is 14.5 Å². The molecule has 1 aliphatic rings. The van der Waals surface area contributed by atoms with E-state index in [-0.39, 0.29) is 23.9 Å². The molecule has 1 aromatic carbocycles. The first-order valence-corrected chi connectivity index (χ1v) is 7.91. The lowest BCUT2D eigenvalue weighted by Gasteiger charge is -2.13. The molecule has 0 atom stereocenters. The van der Waals surface area contributed by atoms with Crippen molar-refractivity contribution in [2.24, 2.45) is 0 Å². The van der Waals surface area contributed by atoms with Crippen LogP contribution in [0.15, 0.2) is 23.1 Å². The number of halogens is 2. The predicted octanol–water partition coefficient (Wildman–Crippen LogP) is 3.55. The van der Waals surface area contributed by atoms with E-state index in [0.717, 1.165) is 11.8 Å². The van der Waals surface area contributed by atoms with Crippen molar-refractivity contribution >= 4 is 57.9 Å². The third-order valence-electron chi connectivity index (χ3n) is 2.89. The molecule has 4 nitrogen and oxygen atoms in total. The summed E-state index contributed by atoms with van der Waals surface area (Å²) in [7, 11) is 0. The average molecular weight is 360 g/mol. The van der Waals surface area contributed by atoms with Crippen LogP contribution in [0.2, 0.25) is 5.02 Å². The first-order chi connectivity index (χ1) is 10.4. The van der Waals surface area contributed by atoms with Gasteiger partial charge in [0.15, 0.2) is 0 Å². The summed E-state index contributed by atoms with van der Waals surface area (Å²) in [5, 5.41) is 8.63. The van der Waals surface area contributed by atoms with Crippen LogP contribution in [0.25, 0.3) is 6.08 Å². The maximum absolute atomic E-state index is 13.4. The average Bonchev–Trinajstić information content (AvgIpc) is 2.70. The molecule has 1 amide bonds. The van der Waals surface area contributed by atoms with E-state index in [2.05, 4.69) is 0 Å². The number of rotatable bonds is 5. The number of carboxylic acid groups (broad SMARTS) is 1. The smallest absolute Gasteiger partial charge is 0.303 e. The molecule has 1 aliphatic heterocycles. The first-order valence-electron chi connectivity index (χ1n) is 6.30. The van der Waals surface area contributed by atoms with Gasteiger partial charge >= 0.3 is 5.97 Å². The van der Waals surface area contributed by atoms with Gasteiger partial charge < -0.3 is 5.11 Å². The minimum absolute atomic E-state index is 0.0124. The molecule has 0 unspecified atom stereocenters. The zero-order valence-corrected chi connectivity index (χ0v) is 13.6. The maximum atomic E-state index is 13.4. The molecule has 0 bridgehead atoms. The summed E-state index contributed by atoms with van der Waals surface area (Å²) < 4.78 is 13.8. The van der Waals surface area contributed by atoms with Gasteiger partial charge in [0.05, 0.1) is 9.93 Å². The van der Waals surface area contributed by atoms with E-state index < -0.39 is 11.8 Å². The highest BCUT2D eigenvalue weighted by atomic mass is 35.5. The SMILES string of the molecule is O=C(O)CCCN1C(=O)/C(=C/c2ccc(Cl)c(F)c2)SC1=S. The lowest BCUT2D eigenvalue weighted by Crippen LogP contribution is -2.29. The third kappa shape index (κ3) is 4.06. The molecule has 0 saturated carbocycles. The number of amides is 1. The Hall–Kier alpha value is -1.44. The number of hydrogen-bond acceptors (Lipinski definition) is 4. The second-order valence-electron chi connectivity index (χ2n) is 4.50. The Labute approximate surface area is 140 Å². The fraction of sp³-hybridized carbons (Fsp3) is 0.214. The molecular weight excluding hydrogens is 349 g/mol. The first kappa shape index (κ1) is 16.9. The molecule has 22 heavy (non-hydrogen) atoms. The molecule has 0 spiro atoms. The second-order valence-corrected chi connectivity index (χ2v) is 6.59. The van der Waals surface area contributed by atoms with Crippen LogP contribution in [0.1, 0.15) is 18.4 Å². The molecule has 0 aromatic heterocycles. The highest BCUT2D eigenvalue weighted by Gasteiger charge is 2.31. The number of carboxylic acids is 1. The highest BCUT2D eigenvalue weighted by molar-refractivity contribution is 8.26. The van der Waals surface area contributed by atoms with E-state index in [1.54, 1.807) is 6.07 Å². The molecule has 1 saturated heterocycles. The topological polar surface area (TPSA) is 57.6 Å². The Morgan fingerprint density at radius 3 is 2.86 bits per heavy atom. The van der Waals surface area contributed by atoms with Gasteiger partial charge in [-0.1, -0.05) is 41.6 Å². The van der Waals surface area contributed by atoms with Crippen LogP contribution in [-0.2, 0) is 9.59 Å². The minimum Gasteiger partial charge on any atom is -0.481 e. The van der Waals surface area contributed by atoms with E-state index in [9.17, 15) is 14.0 Å². The lowest BCUT2D eigenvalue weighted by molar-refractivity contribution is -0.137. The van der Waals surface area contributed by atoms with Crippen molar-refractivity contribution in [3.63, 3.8) is 0 Å². The van der Waals surface area contributed by atoms with Crippen molar-refractivity contribution < 1.29 is 19.1 Å². The van der Waals surface area contributed by atoms with E-state index in [4.69, 9.17) is 28.9 Å². The Balaban J connectivity index is 2.11. The summed E-state index contributed by atoms with van der Waals surface area (Å²) in [6.07, 6.45) is 1.83. The molecule has 116 valence electrons. The standard InChI is InChI=1S/C14H11ClFNO3S2/c15-9-4-3-8(6-10(9)16)7-11-13(20)17(14(21)22-11)5-1-2-12(18)19/h3-4,6-7H,1-2,5H2,(H,18,19)/b11-7-. The molecule has 1 N–H and O–H groups in total. The number of thiocarbonyl (C=S) groups is 1. The number of nitrogens with zero attached hydrogens (tertiary/aromatic N) is 1. The number of thioether (sulfide) groups is 1. The Morgan fingerprint density at radius 2 is 2.23 bits per heavy atom. The maximum Gasteiger partial charge on any atom is 0.303 e. The van der Waals surface area contributed by atoms with E-state index in [0.29, 0.717) is 21.2 Å².